The third kappa shape index (κ3) is 4.92. The van der Waals surface area contributed by atoms with Gasteiger partial charge in [-0.3, -0.25) is 0 Å². The monoisotopic (exact) mass is 554 g/mol. The third-order valence-electron chi connectivity index (χ3n) is 11.0. The number of hydrogen-bond donors (Lipinski definition) is 0. The average Bonchev–Trinajstić information content (AvgIpc) is 3.38. The van der Waals surface area contributed by atoms with Crippen LogP contribution in [0.25, 0.3) is 33.3 Å². The van der Waals surface area contributed by atoms with E-state index < -0.39 is 18.6 Å². The quantitative estimate of drug-likeness (QED) is 0.236. The summed E-state index contributed by atoms with van der Waals surface area (Å²) in [5, 5.41) is 1.88. The molecular formula is C38H49N2O+. The largest absolute Gasteiger partial charge is 0.437 e. The molecule has 0 radical (unpaired) electrons. The first-order valence-corrected chi connectivity index (χ1v) is 16.0. The summed E-state index contributed by atoms with van der Waals surface area (Å²) >= 11 is 0. The fourth-order valence-corrected chi connectivity index (χ4v) is 8.16. The van der Waals surface area contributed by atoms with Crippen molar-refractivity contribution in [2.24, 2.45) is 17.9 Å². The summed E-state index contributed by atoms with van der Waals surface area (Å²) in [7, 11) is 1.90. The Morgan fingerprint density at radius 2 is 1.59 bits per heavy atom. The number of pyridine rings is 2. The Morgan fingerprint density at radius 1 is 0.878 bits per heavy atom. The van der Waals surface area contributed by atoms with E-state index in [1.807, 2.05) is 23.7 Å². The zero-order valence-electron chi connectivity index (χ0n) is 30.5. The minimum Gasteiger partial charge on any atom is -0.437 e. The standard InChI is InChI=1S/C38H49N2O/c1-25-9-10-29-30-11-12-32(28-13-19-37(3,4)20-14-28)39-36(30)41-35(29)34(25)33-23-31(26(2)24-40(33)5)27-15-21-38(22-16-27)17-7-6-8-18-38/h9-12,23-24,27-28H,6-8,13-22H2,1-5H3/q+1/i2D3,27D,28D. The molecule has 4 aromatic rings. The van der Waals surface area contributed by atoms with Crippen LogP contribution in [0.15, 0.2) is 40.9 Å². The number of nitrogens with zero attached hydrogens (tertiary/aromatic N) is 2. The van der Waals surface area contributed by atoms with E-state index in [9.17, 15) is 2.74 Å². The first-order chi connectivity index (χ1) is 21.6. The summed E-state index contributed by atoms with van der Waals surface area (Å²) in [5.74, 6) is -1.66. The molecule has 3 aromatic heterocycles. The van der Waals surface area contributed by atoms with Gasteiger partial charge in [-0.25, -0.2) is 9.55 Å². The topological polar surface area (TPSA) is 29.9 Å². The Kier molecular flexibility index (Phi) is 5.48. The molecule has 3 aliphatic carbocycles. The average molecular weight is 555 g/mol. The normalized spacial score (nSPS) is 27.7. The molecule has 41 heavy (non-hydrogen) atoms. The second kappa shape index (κ2) is 10.2. The summed E-state index contributed by atoms with van der Waals surface area (Å²) in [6, 6.07) is 10.2. The second-order valence-corrected chi connectivity index (χ2v) is 14.3. The van der Waals surface area contributed by atoms with Crippen molar-refractivity contribution in [3.63, 3.8) is 0 Å². The van der Waals surface area contributed by atoms with Crippen LogP contribution in [0.5, 0.6) is 0 Å². The maximum absolute atomic E-state index is 9.77. The smallest absolute Gasteiger partial charge is 0.227 e. The molecule has 0 saturated heterocycles. The van der Waals surface area contributed by atoms with Gasteiger partial charge in [0.05, 0.1) is 5.56 Å². The van der Waals surface area contributed by atoms with Crippen molar-refractivity contribution in [2.75, 3.05) is 0 Å². The predicted molar refractivity (Wildman–Crippen MR) is 169 cm³/mol. The van der Waals surface area contributed by atoms with E-state index in [-0.39, 0.29) is 11.0 Å². The van der Waals surface area contributed by atoms with Crippen LogP contribution < -0.4 is 4.57 Å². The Labute approximate surface area is 253 Å². The maximum Gasteiger partial charge on any atom is 0.227 e. The van der Waals surface area contributed by atoms with E-state index in [1.54, 1.807) is 6.20 Å². The first-order valence-electron chi connectivity index (χ1n) is 18.5. The molecule has 3 nitrogen and oxygen atoms in total. The molecule has 3 heteroatoms. The van der Waals surface area contributed by atoms with Crippen LogP contribution in [0.1, 0.15) is 138 Å². The Morgan fingerprint density at radius 3 is 2.32 bits per heavy atom. The number of rotatable bonds is 3. The Balaban J connectivity index is 1.34. The van der Waals surface area contributed by atoms with Crippen molar-refractivity contribution in [2.45, 2.75) is 123 Å². The van der Waals surface area contributed by atoms with Crippen molar-refractivity contribution < 1.29 is 15.8 Å². The summed E-state index contributed by atoms with van der Waals surface area (Å²) in [6.07, 6.45) is 15.0. The predicted octanol–water partition coefficient (Wildman–Crippen LogP) is 10.4. The number of fused-ring (bicyclic) bond motifs is 3. The number of hydrogen-bond acceptors (Lipinski definition) is 2. The van der Waals surface area contributed by atoms with E-state index in [2.05, 4.69) is 39.0 Å². The van der Waals surface area contributed by atoms with Crippen molar-refractivity contribution >= 4 is 22.1 Å². The Hall–Kier alpha value is -2.68. The lowest BCUT2D eigenvalue weighted by Crippen LogP contribution is -2.33. The lowest BCUT2D eigenvalue weighted by molar-refractivity contribution is -0.660. The third-order valence-corrected chi connectivity index (χ3v) is 11.0. The van der Waals surface area contributed by atoms with Gasteiger partial charge in [-0.05, 0) is 118 Å². The molecule has 0 bridgehead atoms. The molecule has 216 valence electrons. The molecule has 3 saturated carbocycles. The molecule has 1 spiro atoms. The fourth-order valence-electron chi connectivity index (χ4n) is 8.16. The van der Waals surface area contributed by atoms with Crippen molar-refractivity contribution in [3.05, 3.63) is 58.9 Å². The highest BCUT2D eigenvalue weighted by atomic mass is 16.3. The number of furan rings is 1. The number of aryl methyl sites for hydroxylation is 3. The van der Waals surface area contributed by atoms with Gasteiger partial charge < -0.3 is 4.42 Å². The van der Waals surface area contributed by atoms with Crippen LogP contribution in [0.4, 0.5) is 0 Å². The van der Waals surface area contributed by atoms with Crippen LogP contribution in [0, 0.1) is 24.6 Å². The Bertz CT molecular complexity index is 1790. The SMILES string of the molecule is [2H]C([2H])([2H])c1c[n+](C)c(-c2c(C)ccc3c2oc2nc(C4([2H])CCC(C)(C)CC4)ccc23)cc1C1([2H])CCC2(CCCCC2)CC1. The molecular weight excluding hydrogens is 500 g/mol. The van der Waals surface area contributed by atoms with Gasteiger partial charge in [0.1, 0.15) is 7.05 Å². The van der Waals surface area contributed by atoms with Gasteiger partial charge in [0.25, 0.3) is 0 Å². The summed E-state index contributed by atoms with van der Waals surface area (Å²) in [5.41, 5.74) is 6.31. The minimum atomic E-state index is -2.32. The van der Waals surface area contributed by atoms with Crippen molar-refractivity contribution in [3.8, 4) is 11.3 Å². The van der Waals surface area contributed by atoms with Gasteiger partial charge >= 0.3 is 0 Å². The van der Waals surface area contributed by atoms with E-state index in [0.717, 1.165) is 77.4 Å². The molecule has 3 fully saturated rings. The van der Waals surface area contributed by atoms with E-state index in [0.29, 0.717) is 29.5 Å². The van der Waals surface area contributed by atoms with Crippen LogP contribution in [-0.4, -0.2) is 4.98 Å². The van der Waals surface area contributed by atoms with Gasteiger partial charge in [-0.2, -0.15) is 0 Å². The number of benzene rings is 1. The van der Waals surface area contributed by atoms with Gasteiger partial charge in [0, 0.05) is 40.8 Å². The summed E-state index contributed by atoms with van der Waals surface area (Å²) in [4.78, 5) is 4.97. The van der Waals surface area contributed by atoms with Crippen LogP contribution in [-0.2, 0) is 7.05 Å². The fraction of sp³-hybridized carbons (Fsp3) is 0.579. The molecule has 0 unspecified atom stereocenters. The molecule has 1 aromatic carbocycles. The van der Waals surface area contributed by atoms with E-state index in [1.165, 1.54) is 32.1 Å². The molecule has 0 amide bonds. The van der Waals surface area contributed by atoms with Gasteiger partial charge in [0.2, 0.25) is 11.4 Å². The highest BCUT2D eigenvalue weighted by Crippen LogP contribution is 2.51. The van der Waals surface area contributed by atoms with E-state index >= 15 is 0 Å². The zero-order valence-corrected chi connectivity index (χ0v) is 25.5. The molecule has 0 N–H and O–H groups in total. The highest BCUT2D eigenvalue weighted by molar-refractivity contribution is 6.08. The maximum atomic E-state index is 9.77. The second-order valence-electron chi connectivity index (χ2n) is 14.3. The van der Waals surface area contributed by atoms with Gasteiger partial charge in [0.15, 0.2) is 11.8 Å². The van der Waals surface area contributed by atoms with Crippen LogP contribution >= 0.6 is 0 Å². The van der Waals surface area contributed by atoms with Gasteiger partial charge in [-0.1, -0.05) is 45.2 Å². The van der Waals surface area contributed by atoms with Crippen molar-refractivity contribution in [1.82, 2.24) is 4.98 Å². The molecule has 7 rings (SSSR count). The van der Waals surface area contributed by atoms with Gasteiger partial charge in [-0.15, -0.1) is 0 Å². The summed E-state index contributed by atoms with van der Waals surface area (Å²) in [6.45, 7) is 4.31. The number of aromatic nitrogens is 2. The lowest BCUT2D eigenvalue weighted by Gasteiger charge is -2.43. The van der Waals surface area contributed by atoms with Crippen molar-refractivity contribution in [1.29, 1.82) is 0 Å². The van der Waals surface area contributed by atoms with E-state index in [4.69, 9.17) is 13.5 Å². The molecule has 0 atom stereocenters. The van der Waals surface area contributed by atoms with Crippen LogP contribution in [0.3, 0.4) is 0 Å². The minimum absolute atomic E-state index is 0.260. The molecule has 0 aliphatic heterocycles. The summed E-state index contributed by atoms with van der Waals surface area (Å²) < 4.78 is 53.0. The first kappa shape index (κ1) is 21.9. The molecule has 3 heterocycles. The molecule has 3 aliphatic rings. The zero-order chi connectivity index (χ0) is 32.7. The van der Waals surface area contributed by atoms with Crippen LogP contribution in [0.2, 0.25) is 0 Å². The lowest BCUT2D eigenvalue weighted by atomic mass is 9.62. The highest BCUT2D eigenvalue weighted by Gasteiger charge is 2.37.